The largest absolute Gasteiger partial charge is 0.369 e. The zero-order chi connectivity index (χ0) is 20.1. The van der Waals surface area contributed by atoms with Gasteiger partial charge in [-0.25, -0.2) is 14.4 Å². The third-order valence-electron chi connectivity index (χ3n) is 5.84. The number of nitrogens with one attached hydrogen (secondary N) is 1. The van der Waals surface area contributed by atoms with Crippen molar-refractivity contribution >= 4 is 23.2 Å². The summed E-state index contributed by atoms with van der Waals surface area (Å²) in [4.78, 5) is 26.2. The molecule has 1 N–H and O–H groups in total. The summed E-state index contributed by atoms with van der Waals surface area (Å²) in [6.45, 7) is 3.64. The molecule has 7 heteroatoms. The third-order valence-corrected chi connectivity index (χ3v) is 5.84. The summed E-state index contributed by atoms with van der Waals surface area (Å²) in [5.74, 6) is 0.371. The molecule has 2 aliphatic heterocycles. The standard InChI is InChI=1S/C22H28FN5O/c23-18-6-5-7-19(14-18)26-21(29)17-8-12-27(13-9-17)20-15-24-22(25-16-20)28-10-3-1-2-4-11-28/h5-7,14-17H,1-4,8-13H2,(H,26,29). The Hall–Kier alpha value is -2.70. The fourth-order valence-electron chi connectivity index (χ4n) is 4.12. The number of piperidine rings is 1. The maximum Gasteiger partial charge on any atom is 0.227 e. The number of anilines is 3. The number of carbonyl (C=O) groups excluding carboxylic acids is 1. The first kappa shape index (κ1) is 19.6. The van der Waals surface area contributed by atoms with Crippen molar-refractivity contribution < 1.29 is 9.18 Å². The van der Waals surface area contributed by atoms with Gasteiger partial charge in [0.15, 0.2) is 0 Å². The van der Waals surface area contributed by atoms with Gasteiger partial charge in [0.25, 0.3) is 0 Å². The molecule has 154 valence electrons. The van der Waals surface area contributed by atoms with E-state index in [0.29, 0.717) is 5.69 Å². The Morgan fingerprint density at radius 2 is 1.66 bits per heavy atom. The van der Waals surface area contributed by atoms with Gasteiger partial charge in [-0.2, -0.15) is 0 Å². The molecule has 2 saturated heterocycles. The van der Waals surface area contributed by atoms with E-state index < -0.39 is 0 Å². The van der Waals surface area contributed by atoms with Gasteiger partial charge in [-0.15, -0.1) is 0 Å². The van der Waals surface area contributed by atoms with Crippen LogP contribution in [0.25, 0.3) is 0 Å². The van der Waals surface area contributed by atoms with Gasteiger partial charge in [0.05, 0.1) is 18.1 Å². The third kappa shape index (κ3) is 5.02. The second-order valence-corrected chi connectivity index (χ2v) is 7.90. The fraction of sp³-hybridized carbons (Fsp3) is 0.500. The van der Waals surface area contributed by atoms with Crippen LogP contribution in [0.5, 0.6) is 0 Å². The molecule has 0 unspecified atom stereocenters. The van der Waals surface area contributed by atoms with E-state index in [-0.39, 0.29) is 17.6 Å². The summed E-state index contributed by atoms with van der Waals surface area (Å²) in [5, 5.41) is 2.83. The molecule has 0 radical (unpaired) electrons. The van der Waals surface area contributed by atoms with Crippen molar-refractivity contribution in [1.82, 2.24) is 9.97 Å². The zero-order valence-electron chi connectivity index (χ0n) is 16.7. The molecular weight excluding hydrogens is 369 g/mol. The Bertz CT molecular complexity index is 812. The lowest BCUT2D eigenvalue weighted by Crippen LogP contribution is -2.38. The van der Waals surface area contributed by atoms with Crippen LogP contribution in [0.2, 0.25) is 0 Å². The summed E-state index contributed by atoms with van der Waals surface area (Å²) in [6.07, 6.45) is 10.3. The van der Waals surface area contributed by atoms with Gasteiger partial charge in [0.1, 0.15) is 5.82 Å². The van der Waals surface area contributed by atoms with Gasteiger partial charge in [0, 0.05) is 37.8 Å². The van der Waals surface area contributed by atoms with Crippen LogP contribution >= 0.6 is 0 Å². The van der Waals surface area contributed by atoms with Crippen molar-refractivity contribution in [3.63, 3.8) is 0 Å². The van der Waals surface area contributed by atoms with Crippen molar-refractivity contribution in [3.8, 4) is 0 Å². The number of hydrogen-bond acceptors (Lipinski definition) is 5. The lowest BCUT2D eigenvalue weighted by molar-refractivity contribution is -0.120. The molecule has 2 aromatic rings. The van der Waals surface area contributed by atoms with E-state index in [2.05, 4.69) is 25.1 Å². The molecule has 1 aromatic heterocycles. The van der Waals surface area contributed by atoms with Gasteiger partial charge in [-0.05, 0) is 43.9 Å². The Kier molecular flexibility index (Phi) is 6.22. The van der Waals surface area contributed by atoms with Crippen LogP contribution in [0.3, 0.4) is 0 Å². The van der Waals surface area contributed by atoms with Crippen molar-refractivity contribution in [2.24, 2.45) is 5.92 Å². The van der Waals surface area contributed by atoms with E-state index in [4.69, 9.17) is 0 Å². The first-order valence-corrected chi connectivity index (χ1v) is 10.6. The molecule has 29 heavy (non-hydrogen) atoms. The van der Waals surface area contributed by atoms with Crippen LogP contribution in [0.1, 0.15) is 38.5 Å². The number of halogens is 1. The van der Waals surface area contributed by atoms with E-state index in [1.807, 2.05) is 12.4 Å². The lowest BCUT2D eigenvalue weighted by Gasteiger charge is -2.32. The molecule has 0 bridgehead atoms. The first-order chi connectivity index (χ1) is 14.2. The van der Waals surface area contributed by atoms with Crippen LogP contribution in [-0.2, 0) is 4.79 Å². The van der Waals surface area contributed by atoms with E-state index in [0.717, 1.165) is 50.7 Å². The highest BCUT2D eigenvalue weighted by Crippen LogP contribution is 2.25. The number of carbonyl (C=O) groups is 1. The van der Waals surface area contributed by atoms with Crippen molar-refractivity contribution in [2.75, 3.05) is 41.3 Å². The number of nitrogens with zero attached hydrogens (tertiary/aromatic N) is 4. The predicted octanol–water partition coefficient (Wildman–Crippen LogP) is 3.85. The van der Waals surface area contributed by atoms with Gasteiger partial charge in [-0.3, -0.25) is 4.79 Å². The maximum absolute atomic E-state index is 13.3. The van der Waals surface area contributed by atoms with Crippen LogP contribution in [0, 0.1) is 11.7 Å². The number of aromatic nitrogens is 2. The molecule has 2 fully saturated rings. The van der Waals surface area contributed by atoms with Gasteiger partial charge in [-0.1, -0.05) is 18.9 Å². The molecule has 1 amide bonds. The van der Waals surface area contributed by atoms with Crippen LogP contribution in [0.4, 0.5) is 21.7 Å². The molecule has 0 spiro atoms. The average Bonchev–Trinajstić information content (AvgIpc) is 3.04. The molecule has 6 nitrogen and oxygen atoms in total. The number of benzene rings is 1. The van der Waals surface area contributed by atoms with Gasteiger partial charge in [0.2, 0.25) is 11.9 Å². The van der Waals surface area contributed by atoms with Crippen LogP contribution in [0.15, 0.2) is 36.7 Å². The first-order valence-electron chi connectivity index (χ1n) is 10.6. The highest BCUT2D eigenvalue weighted by Gasteiger charge is 2.25. The van der Waals surface area contributed by atoms with Crippen LogP contribution in [-0.4, -0.2) is 42.1 Å². The smallest absolute Gasteiger partial charge is 0.227 e. The monoisotopic (exact) mass is 397 g/mol. The minimum absolute atomic E-state index is 0.0389. The minimum atomic E-state index is -0.346. The fourth-order valence-corrected chi connectivity index (χ4v) is 4.12. The minimum Gasteiger partial charge on any atom is -0.369 e. The summed E-state index contributed by atoms with van der Waals surface area (Å²) in [6, 6.07) is 6.02. The predicted molar refractivity (Wildman–Crippen MR) is 113 cm³/mol. The Morgan fingerprint density at radius 1 is 0.966 bits per heavy atom. The topological polar surface area (TPSA) is 61.4 Å². The molecule has 4 rings (SSSR count). The summed E-state index contributed by atoms with van der Waals surface area (Å²) in [7, 11) is 0. The lowest BCUT2D eigenvalue weighted by atomic mass is 9.95. The van der Waals surface area contributed by atoms with E-state index >= 15 is 0 Å². The second-order valence-electron chi connectivity index (χ2n) is 7.90. The summed E-state index contributed by atoms with van der Waals surface area (Å²) < 4.78 is 13.3. The Labute approximate surface area is 171 Å². The quantitative estimate of drug-likeness (QED) is 0.849. The van der Waals surface area contributed by atoms with E-state index in [1.165, 1.54) is 37.8 Å². The Morgan fingerprint density at radius 3 is 2.31 bits per heavy atom. The van der Waals surface area contributed by atoms with Gasteiger partial charge < -0.3 is 15.1 Å². The molecule has 3 heterocycles. The van der Waals surface area contributed by atoms with E-state index in [9.17, 15) is 9.18 Å². The summed E-state index contributed by atoms with van der Waals surface area (Å²) >= 11 is 0. The van der Waals surface area contributed by atoms with Gasteiger partial charge >= 0.3 is 0 Å². The second kappa shape index (κ2) is 9.20. The molecule has 1 aromatic carbocycles. The van der Waals surface area contributed by atoms with Crippen molar-refractivity contribution in [2.45, 2.75) is 38.5 Å². The Balaban J connectivity index is 1.30. The zero-order valence-corrected chi connectivity index (χ0v) is 16.7. The number of rotatable bonds is 4. The van der Waals surface area contributed by atoms with E-state index in [1.54, 1.807) is 12.1 Å². The molecule has 0 saturated carbocycles. The molecular formula is C22H28FN5O. The molecule has 0 atom stereocenters. The highest BCUT2D eigenvalue weighted by atomic mass is 19.1. The van der Waals surface area contributed by atoms with Crippen molar-refractivity contribution in [3.05, 3.63) is 42.5 Å². The highest BCUT2D eigenvalue weighted by molar-refractivity contribution is 5.92. The number of amides is 1. The van der Waals surface area contributed by atoms with Crippen molar-refractivity contribution in [1.29, 1.82) is 0 Å². The SMILES string of the molecule is O=C(Nc1cccc(F)c1)C1CCN(c2cnc(N3CCCCCC3)nc2)CC1. The van der Waals surface area contributed by atoms with Crippen LogP contribution < -0.4 is 15.1 Å². The number of hydrogen-bond donors (Lipinski definition) is 1. The average molecular weight is 397 g/mol. The molecule has 2 aliphatic rings. The molecule has 0 aliphatic carbocycles. The maximum atomic E-state index is 13.3. The summed E-state index contributed by atoms with van der Waals surface area (Å²) in [5.41, 5.74) is 1.52. The normalized spacial score (nSPS) is 18.4.